The van der Waals surface area contributed by atoms with Gasteiger partial charge >= 0.3 is 12.0 Å². The highest BCUT2D eigenvalue weighted by Gasteiger charge is 2.45. The number of ether oxygens (including phenoxy) is 2. The van der Waals surface area contributed by atoms with E-state index >= 15 is 0 Å². The number of thiazole rings is 1. The highest BCUT2D eigenvalue weighted by Crippen LogP contribution is 2.42. The van der Waals surface area contributed by atoms with Crippen LogP contribution in [0.3, 0.4) is 0 Å². The van der Waals surface area contributed by atoms with Gasteiger partial charge in [-0.25, -0.2) is 15.2 Å². The smallest absolute Gasteiger partial charge is 0.323 e. The van der Waals surface area contributed by atoms with E-state index in [0.717, 1.165) is 70.9 Å². The summed E-state index contributed by atoms with van der Waals surface area (Å²) in [6, 6.07) is 8.74. The van der Waals surface area contributed by atoms with Crippen LogP contribution in [0.5, 0.6) is 0 Å². The van der Waals surface area contributed by atoms with Crippen molar-refractivity contribution in [1.82, 2.24) is 49.9 Å². The van der Waals surface area contributed by atoms with E-state index in [4.69, 9.17) is 19.4 Å². The molecule has 16 nitrogen and oxygen atoms in total. The molecule has 1 aromatic carbocycles. The summed E-state index contributed by atoms with van der Waals surface area (Å²) in [6.45, 7) is 18.7. The number of hydrogen-bond donors (Lipinski definition) is 2. The molecule has 0 unspecified atom stereocenters. The minimum atomic E-state index is -1.07. The minimum Gasteiger partial charge on any atom is -0.464 e. The van der Waals surface area contributed by atoms with Gasteiger partial charge in [-0.2, -0.15) is 0 Å². The number of rotatable bonds is 9. The molecule has 67 heavy (non-hydrogen) atoms. The van der Waals surface area contributed by atoms with Crippen LogP contribution < -0.4 is 10.7 Å². The monoisotopic (exact) mass is 954 g/mol. The fraction of sp³-hybridized carbons (Fsp3) is 0.592. The van der Waals surface area contributed by atoms with Crippen LogP contribution >= 0.6 is 11.3 Å². The number of hydrogen-bond acceptors (Lipinski definition) is 12. The summed E-state index contributed by atoms with van der Waals surface area (Å²) < 4.78 is 14.4. The Morgan fingerprint density at radius 3 is 2.55 bits per heavy atom. The summed E-state index contributed by atoms with van der Waals surface area (Å²) in [4.78, 5) is 75.6. The van der Waals surface area contributed by atoms with E-state index in [1.54, 1.807) is 20.4 Å². The minimum absolute atomic E-state index is 0.118. The van der Waals surface area contributed by atoms with Crippen molar-refractivity contribution < 1.29 is 28.7 Å². The molecule has 4 amide bonds. The van der Waals surface area contributed by atoms with Gasteiger partial charge in [0.05, 0.1) is 34.8 Å². The van der Waals surface area contributed by atoms with Crippen molar-refractivity contribution in [3.63, 3.8) is 0 Å². The maximum absolute atomic E-state index is 14.8. The van der Waals surface area contributed by atoms with Crippen LogP contribution in [0.25, 0.3) is 33.4 Å². The number of amides is 4. The van der Waals surface area contributed by atoms with E-state index in [0.29, 0.717) is 66.7 Å². The third-order valence-electron chi connectivity index (χ3n) is 14.4. The lowest BCUT2D eigenvalue weighted by Gasteiger charge is -2.49. The van der Waals surface area contributed by atoms with Crippen LogP contribution in [0.1, 0.15) is 76.8 Å². The third-order valence-corrected chi connectivity index (χ3v) is 16.4. The molecule has 4 aromatic rings. The molecule has 7 heterocycles. The Kier molecular flexibility index (Phi) is 14.3. The number of likely N-dealkylation sites (N-methyl/N-ethyl adjacent to an activating group) is 2. The van der Waals surface area contributed by atoms with Gasteiger partial charge in [-0.3, -0.25) is 29.3 Å². The van der Waals surface area contributed by atoms with Gasteiger partial charge in [-0.1, -0.05) is 33.8 Å². The lowest BCUT2D eigenvalue weighted by atomic mass is 9.84. The number of nitrogens with one attached hydrogen (secondary N) is 2. The number of esters is 1. The molecule has 2 N–H and O–H groups in total. The Labute approximate surface area is 402 Å². The van der Waals surface area contributed by atoms with Crippen LogP contribution in [0.2, 0.25) is 0 Å². The highest BCUT2D eigenvalue weighted by molar-refractivity contribution is 7.10. The average Bonchev–Trinajstić information content (AvgIpc) is 3.88. The highest BCUT2D eigenvalue weighted by atomic mass is 32.1. The Morgan fingerprint density at radius 2 is 1.85 bits per heavy atom. The zero-order chi connectivity index (χ0) is 47.9. The Balaban J connectivity index is 1.13. The molecule has 0 spiro atoms. The molecule has 362 valence electrons. The standard InChI is InChI=1S/C49H70N10O6SSi/c1-10-58-39-15-14-32-23-35(39)36(43(58)34-13-11-17-50-41(34)31(4)64-9)25-48(5,6)29-65-46(62)49(67)16-12-18-59(53-49)45(61)37(24-40-51-38(32)28-66-40)52-44(60)42(30(2)3)55(8)47(63)57-26-33(27-57)56-21-19-54(7)20-22-56/h11,13-15,17,23,28,30-31,33,37,42,53H,10,12,16,18-22,24-27,29H2,1-9,67H3,(H,52,60)/t31-,37-,42-,49-/m0/s1. The van der Waals surface area contributed by atoms with Gasteiger partial charge in [0.2, 0.25) is 5.91 Å². The number of hydrazine groups is 1. The van der Waals surface area contributed by atoms with Crippen molar-refractivity contribution in [1.29, 1.82) is 0 Å². The second-order valence-corrected chi connectivity index (χ2v) is 23.1. The first-order valence-electron chi connectivity index (χ1n) is 24.0. The second-order valence-electron chi connectivity index (χ2n) is 20.4. The van der Waals surface area contributed by atoms with Crippen LogP contribution in [0.4, 0.5) is 4.79 Å². The maximum atomic E-state index is 14.8. The van der Waals surface area contributed by atoms with Crippen molar-refractivity contribution in [2.75, 3.05) is 73.6 Å². The summed E-state index contributed by atoms with van der Waals surface area (Å²) in [5, 5.41) is 7.28. The van der Waals surface area contributed by atoms with Gasteiger partial charge in [0.15, 0.2) is 0 Å². The molecular weight excluding hydrogens is 885 g/mol. The number of urea groups is 1. The molecule has 8 rings (SSSR count). The molecule has 4 aliphatic rings. The quantitative estimate of drug-likeness (QED) is 0.185. The number of fused-ring (bicyclic) bond motifs is 6. The van der Waals surface area contributed by atoms with Crippen LogP contribution in [-0.2, 0) is 43.2 Å². The number of aromatic nitrogens is 3. The molecule has 0 aliphatic carbocycles. The number of aryl methyl sites for hydroxylation is 1. The number of nitrogens with zero attached hydrogens (tertiary/aromatic N) is 8. The van der Waals surface area contributed by atoms with Crippen molar-refractivity contribution in [2.45, 2.75) is 103 Å². The Bertz CT molecular complexity index is 2480. The normalized spacial score (nSPS) is 23.2. The van der Waals surface area contributed by atoms with Gasteiger partial charge in [-0.15, -0.1) is 11.3 Å². The molecule has 4 atom stereocenters. The lowest BCUT2D eigenvalue weighted by molar-refractivity contribution is -0.158. The topological polar surface area (TPSA) is 158 Å². The van der Waals surface area contributed by atoms with Crippen LogP contribution in [0, 0.1) is 11.3 Å². The van der Waals surface area contributed by atoms with E-state index in [-0.39, 0.29) is 43.0 Å². The predicted molar refractivity (Wildman–Crippen MR) is 264 cm³/mol. The van der Waals surface area contributed by atoms with Gasteiger partial charge < -0.3 is 34.1 Å². The molecule has 18 heteroatoms. The Hall–Kier alpha value is -4.72. The fourth-order valence-electron chi connectivity index (χ4n) is 10.4. The first-order valence-corrected chi connectivity index (χ1v) is 25.9. The lowest BCUT2D eigenvalue weighted by Crippen LogP contribution is -2.68. The molecule has 6 bridgehead atoms. The number of piperazine rings is 1. The first kappa shape index (κ1) is 48.7. The summed E-state index contributed by atoms with van der Waals surface area (Å²) in [5.41, 5.74) is 9.59. The average molecular weight is 955 g/mol. The number of likely N-dealkylation sites (tertiary alicyclic amines) is 1. The van der Waals surface area contributed by atoms with Crippen molar-refractivity contribution >= 4 is 56.3 Å². The summed E-state index contributed by atoms with van der Waals surface area (Å²) in [5.74, 6) is -1.42. The number of carbonyl (C=O) groups excluding carboxylic acids is 4. The third kappa shape index (κ3) is 9.93. The number of pyridine rings is 1. The van der Waals surface area contributed by atoms with Crippen LogP contribution in [0.15, 0.2) is 41.9 Å². The zero-order valence-electron chi connectivity index (χ0n) is 41.1. The van der Waals surface area contributed by atoms with E-state index < -0.39 is 28.6 Å². The van der Waals surface area contributed by atoms with E-state index in [9.17, 15) is 19.2 Å². The molecular formula is C49H70N10O6SSi. The first-order chi connectivity index (χ1) is 31.9. The maximum Gasteiger partial charge on any atom is 0.323 e. The second kappa shape index (κ2) is 19.7. The zero-order valence-corrected chi connectivity index (χ0v) is 43.9. The van der Waals surface area contributed by atoms with E-state index in [2.05, 4.69) is 77.2 Å². The number of cyclic esters (lactones) is 1. The van der Waals surface area contributed by atoms with Crippen molar-refractivity contribution in [3.05, 3.63) is 58.2 Å². The van der Waals surface area contributed by atoms with E-state index in [1.165, 1.54) is 21.2 Å². The summed E-state index contributed by atoms with van der Waals surface area (Å²) >= 11 is 1.44. The van der Waals surface area contributed by atoms with Crippen molar-refractivity contribution in [3.8, 4) is 22.5 Å². The summed E-state index contributed by atoms with van der Waals surface area (Å²) in [7, 11) is 5.88. The molecule has 3 aromatic heterocycles. The van der Waals surface area contributed by atoms with Gasteiger partial charge in [0.1, 0.15) is 17.2 Å². The van der Waals surface area contributed by atoms with Gasteiger partial charge in [-0.05, 0) is 75.9 Å². The Morgan fingerprint density at radius 1 is 1.10 bits per heavy atom. The largest absolute Gasteiger partial charge is 0.464 e. The molecule has 0 saturated carbocycles. The van der Waals surface area contributed by atoms with Crippen LogP contribution in [-0.4, -0.2) is 170 Å². The molecule has 3 fully saturated rings. The fourth-order valence-corrected chi connectivity index (χ4v) is 12.0. The molecule has 3 saturated heterocycles. The number of methoxy groups -OCH3 is 1. The van der Waals surface area contributed by atoms with Gasteiger partial charge in [0, 0.05) is 128 Å². The van der Waals surface area contributed by atoms with Gasteiger partial charge in [0.25, 0.3) is 5.91 Å². The number of carbonyl (C=O) groups is 4. The SMILES string of the molecule is CCn1c(-c2cccnc2[C@H](C)OC)c2c3cc(ccc31)-c1csc(n1)C[C@H](NC(=O)[C@H](C(C)C)N(C)C(=O)N1CC(N3CCN(C)CC3)C1)C(=O)N1CCC[C@@]([SiH3])(N1)C(=O)OCC(C)(C)C2. The van der Waals surface area contributed by atoms with Crippen molar-refractivity contribution in [2.24, 2.45) is 11.3 Å². The molecule has 4 aliphatic heterocycles. The van der Waals surface area contributed by atoms with E-state index in [1.807, 2.05) is 37.1 Å². The summed E-state index contributed by atoms with van der Waals surface area (Å²) in [6.07, 6.45) is 3.36. The number of benzene rings is 1. The predicted octanol–water partition coefficient (Wildman–Crippen LogP) is 3.90. The molecule has 0 radical (unpaired) electrons.